The van der Waals surface area contributed by atoms with Gasteiger partial charge in [-0.25, -0.2) is 14.6 Å². The normalized spacial score (nSPS) is 11.7. The molecule has 0 spiro atoms. The molecule has 4 nitrogen and oxygen atoms in total. The molecule has 1 radical (unpaired) electrons. The molecular weight excluding hydrogens is 209 g/mol. The van der Waals surface area contributed by atoms with Crippen molar-refractivity contribution in [2.45, 2.75) is 6.18 Å². The van der Waals surface area contributed by atoms with Gasteiger partial charge in [-0.2, -0.15) is 18.3 Å². The summed E-state index contributed by atoms with van der Waals surface area (Å²) in [5, 5.41) is 3.68. The van der Waals surface area contributed by atoms with Gasteiger partial charge in [0.15, 0.2) is 0 Å². The van der Waals surface area contributed by atoms with E-state index in [1.165, 1.54) is 12.4 Å². The van der Waals surface area contributed by atoms with Crippen molar-refractivity contribution >= 4 is 0 Å². The van der Waals surface area contributed by atoms with Crippen LogP contribution in [0.3, 0.4) is 0 Å². The number of alkyl halides is 3. The molecule has 0 aliphatic carbocycles. The first kappa shape index (κ1) is 9.63. The van der Waals surface area contributed by atoms with Crippen LogP contribution in [0.2, 0.25) is 0 Å². The third-order valence-corrected chi connectivity index (χ3v) is 1.59. The minimum atomic E-state index is -4.48. The lowest BCUT2D eigenvalue weighted by Crippen LogP contribution is -2.11. The fourth-order valence-corrected chi connectivity index (χ4v) is 0.959. The summed E-state index contributed by atoms with van der Waals surface area (Å²) in [5.41, 5.74) is -0.997. The molecule has 0 aliphatic rings. The first-order valence-corrected chi connectivity index (χ1v) is 3.89. The molecule has 0 aromatic carbocycles. The lowest BCUT2D eigenvalue weighted by molar-refractivity contribution is -0.141. The number of hydrogen-bond donors (Lipinski definition) is 0. The second-order valence-corrected chi connectivity index (χ2v) is 2.62. The highest BCUT2D eigenvalue weighted by Crippen LogP contribution is 2.27. The van der Waals surface area contributed by atoms with Crippen molar-refractivity contribution in [3.05, 3.63) is 36.4 Å². The second-order valence-electron chi connectivity index (χ2n) is 2.62. The SMILES string of the molecule is FC(F)(F)c1ccnc(-n2c[c]cn2)n1. The number of nitrogens with zero attached hydrogens (tertiary/aromatic N) is 4. The minimum absolute atomic E-state index is 0.133. The number of aromatic nitrogens is 4. The van der Waals surface area contributed by atoms with Crippen LogP contribution in [0, 0.1) is 6.07 Å². The van der Waals surface area contributed by atoms with E-state index in [1.807, 2.05) is 0 Å². The van der Waals surface area contributed by atoms with E-state index in [-0.39, 0.29) is 5.95 Å². The van der Waals surface area contributed by atoms with Gasteiger partial charge in [-0.1, -0.05) is 0 Å². The third-order valence-electron chi connectivity index (χ3n) is 1.59. The molecule has 0 atom stereocenters. The molecule has 0 N–H and O–H groups in total. The average molecular weight is 213 g/mol. The van der Waals surface area contributed by atoms with E-state index < -0.39 is 11.9 Å². The van der Waals surface area contributed by atoms with E-state index >= 15 is 0 Å². The molecule has 0 aliphatic heterocycles. The van der Waals surface area contributed by atoms with E-state index in [2.05, 4.69) is 21.1 Å². The maximum Gasteiger partial charge on any atom is 0.433 e. The van der Waals surface area contributed by atoms with Crippen molar-refractivity contribution in [1.82, 2.24) is 19.7 Å². The Bertz CT molecular complexity index is 449. The standard InChI is InChI=1S/C8H4F3N4/c9-8(10,11)6-2-4-12-7(14-6)15-5-1-3-13-15/h2-5H. The van der Waals surface area contributed by atoms with Gasteiger partial charge in [0, 0.05) is 18.5 Å². The second kappa shape index (κ2) is 3.34. The Balaban J connectivity index is 2.44. The van der Waals surface area contributed by atoms with Gasteiger partial charge in [0.2, 0.25) is 0 Å². The molecule has 2 heterocycles. The fraction of sp³-hybridized carbons (Fsp3) is 0.125. The first-order valence-electron chi connectivity index (χ1n) is 3.89. The van der Waals surface area contributed by atoms with Crippen LogP contribution in [0.15, 0.2) is 24.7 Å². The Morgan fingerprint density at radius 1 is 1.33 bits per heavy atom. The van der Waals surface area contributed by atoms with Gasteiger partial charge in [-0.15, -0.1) is 0 Å². The highest BCUT2D eigenvalue weighted by atomic mass is 19.4. The molecule has 0 amide bonds. The lowest BCUT2D eigenvalue weighted by Gasteiger charge is -2.06. The van der Waals surface area contributed by atoms with Gasteiger partial charge in [0.25, 0.3) is 5.95 Å². The summed E-state index contributed by atoms with van der Waals surface area (Å²) in [6.07, 6.45) is -0.791. The van der Waals surface area contributed by atoms with Crippen molar-refractivity contribution in [2.24, 2.45) is 0 Å². The van der Waals surface area contributed by atoms with Gasteiger partial charge >= 0.3 is 6.18 Å². The summed E-state index contributed by atoms with van der Waals surface area (Å²) < 4.78 is 38.0. The van der Waals surface area contributed by atoms with E-state index in [1.54, 1.807) is 0 Å². The summed E-state index contributed by atoms with van der Waals surface area (Å²) in [4.78, 5) is 7.00. The van der Waals surface area contributed by atoms with Crippen LogP contribution in [0.5, 0.6) is 0 Å². The molecule has 77 valence electrons. The molecule has 0 unspecified atom stereocenters. The van der Waals surface area contributed by atoms with Gasteiger partial charge in [0.1, 0.15) is 5.69 Å². The van der Waals surface area contributed by atoms with Crippen LogP contribution in [0.4, 0.5) is 13.2 Å². The molecule has 7 heteroatoms. The molecule has 0 saturated heterocycles. The Kier molecular flexibility index (Phi) is 2.14. The predicted octanol–water partition coefficient (Wildman–Crippen LogP) is 1.48. The minimum Gasteiger partial charge on any atom is -0.220 e. The van der Waals surface area contributed by atoms with Gasteiger partial charge in [-0.05, 0) is 6.07 Å². The summed E-state index contributed by atoms with van der Waals surface area (Å²) in [5.74, 6) is -0.133. The summed E-state index contributed by atoms with van der Waals surface area (Å²) in [6.45, 7) is 0. The Morgan fingerprint density at radius 2 is 2.13 bits per heavy atom. The maximum atomic E-state index is 12.3. The molecule has 2 rings (SSSR count). The molecule has 15 heavy (non-hydrogen) atoms. The number of hydrogen-bond acceptors (Lipinski definition) is 3. The molecule has 2 aromatic heterocycles. The predicted molar refractivity (Wildman–Crippen MR) is 43.0 cm³/mol. The summed E-state index contributed by atoms with van der Waals surface area (Å²) >= 11 is 0. The number of halogens is 3. The molecule has 0 fully saturated rings. The third kappa shape index (κ3) is 1.95. The quantitative estimate of drug-likeness (QED) is 0.720. The van der Waals surface area contributed by atoms with Gasteiger partial charge < -0.3 is 0 Å². The topological polar surface area (TPSA) is 43.6 Å². The van der Waals surface area contributed by atoms with E-state index in [0.717, 1.165) is 16.9 Å². The van der Waals surface area contributed by atoms with Crippen LogP contribution in [-0.2, 0) is 6.18 Å². The molecule has 0 bridgehead atoms. The highest BCUT2D eigenvalue weighted by Gasteiger charge is 2.32. The lowest BCUT2D eigenvalue weighted by atomic mass is 10.4. The van der Waals surface area contributed by atoms with Gasteiger partial charge in [-0.3, -0.25) is 0 Å². The smallest absolute Gasteiger partial charge is 0.220 e. The van der Waals surface area contributed by atoms with Crippen LogP contribution < -0.4 is 0 Å². The van der Waals surface area contributed by atoms with Crippen molar-refractivity contribution in [2.75, 3.05) is 0 Å². The zero-order valence-electron chi connectivity index (χ0n) is 7.23. The largest absolute Gasteiger partial charge is 0.433 e. The highest BCUT2D eigenvalue weighted by molar-refractivity contribution is 5.14. The summed E-state index contributed by atoms with van der Waals surface area (Å²) in [7, 11) is 0. The van der Waals surface area contributed by atoms with Crippen molar-refractivity contribution in [3.63, 3.8) is 0 Å². The van der Waals surface area contributed by atoms with E-state index in [4.69, 9.17) is 0 Å². The summed E-state index contributed by atoms with van der Waals surface area (Å²) in [6, 6.07) is 3.38. The van der Waals surface area contributed by atoms with E-state index in [0.29, 0.717) is 0 Å². The maximum absolute atomic E-state index is 12.3. The Hall–Kier alpha value is -1.92. The fourth-order valence-electron chi connectivity index (χ4n) is 0.959. The average Bonchev–Trinajstić information content (AvgIpc) is 2.69. The Labute approximate surface area is 82.4 Å². The van der Waals surface area contributed by atoms with Crippen LogP contribution in [-0.4, -0.2) is 19.7 Å². The van der Waals surface area contributed by atoms with E-state index in [9.17, 15) is 13.2 Å². The monoisotopic (exact) mass is 213 g/mol. The molecule has 0 saturated carbocycles. The molecular formula is C8H4F3N4. The van der Waals surface area contributed by atoms with Crippen LogP contribution in [0.1, 0.15) is 5.69 Å². The van der Waals surface area contributed by atoms with Crippen molar-refractivity contribution in [3.8, 4) is 5.95 Å². The van der Waals surface area contributed by atoms with Crippen molar-refractivity contribution < 1.29 is 13.2 Å². The van der Waals surface area contributed by atoms with Crippen LogP contribution in [0.25, 0.3) is 5.95 Å². The Morgan fingerprint density at radius 3 is 2.73 bits per heavy atom. The van der Waals surface area contributed by atoms with Crippen molar-refractivity contribution in [1.29, 1.82) is 0 Å². The zero-order valence-corrected chi connectivity index (χ0v) is 7.23. The first-order chi connectivity index (χ1) is 7.07. The van der Waals surface area contributed by atoms with Gasteiger partial charge in [0.05, 0.1) is 6.20 Å². The van der Waals surface area contributed by atoms with Crippen LogP contribution >= 0.6 is 0 Å². The zero-order chi connectivity index (χ0) is 10.9. The number of rotatable bonds is 1. The molecule has 2 aromatic rings.